The second-order valence-corrected chi connectivity index (χ2v) is 7.08. The molecule has 0 atom stereocenters. The molecule has 0 aromatic heterocycles. The van der Waals surface area contributed by atoms with Crippen LogP contribution in [-0.2, 0) is 11.8 Å². The molecule has 0 saturated heterocycles. The monoisotopic (exact) mass is 297 g/mol. The zero-order valence-electron chi connectivity index (χ0n) is 14.4. The molecule has 1 aromatic carbocycles. The molecule has 1 aliphatic carbocycles. The Labute approximate surface area is 136 Å². The highest BCUT2D eigenvalue weighted by Crippen LogP contribution is 2.42. The van der Waals surface area contributed by atoms with Crippen molar-refractivity contribution in [2.45, 2.75) is 83.5 Å². The van der Waals surface area contributed by atoms with Gasteiger partial charge < -0.3 is 0 Å². The second-order valence-electron chi connectivity index (χ2n) is 7.08. The standard InChI is InChI=1S/C21H31N/c1-3-5-7-18-9-11-20(12-10-18)21(17-22)15-13-19(14-16-21)8-6-4-2/h9-12,19H,3-8,13-16H2,1-2H3. The van der Waals surface area contributed by atoms with Crippen LogP contribution >= 0.6 is 0 Å². The molecular formula is C21H31N. The average molecular weight is 297 g/mol. The van der Waals surface area contributed by atoms with E-state index in [4.69, 9.17) is 0 Å². The summed E-state index contributed by atoms with van der Waals surface area (Å²) < 4.78 is 0. The summed E-state index contributed by atoms with van der Waals surface area (Å²) in [5.74, 6) is 0.852. The quantitative estimate of drug-likeness (QED) is 0.590. The van der Waals surface area contributed by atoms with Crippen LogP contribution in [0.1, 0.15) is 82.8 Å². The summed E-state index contributed by atoms with van der Waals surface area (Å²) in [5, 5.41) is 9.82. The van der Waals surface area contributed by atoms with Crippen molar-refractivity contribution in [3.05, 3.63) is 35.4 Å². The lowest BCUT2D eigenvalue weighted by Crippen LogP contribution is -2.30. The van der Waals surface area contributed by atoms with Crippen LogP contribution in [0.3, 0.4) is 0 Å². The highest BCUT2D eigenvalue weighted by molar-refractivity contribution is 5.35. The largest absolute Gasteiger partial charge is 0.197 e. The Kier molecular flexibility index (Phi) is 6.49. The highest BCUT2D eigenvalue weighted by Gasteiger charge is 2.36. The van der Waals surface area contributed by atoms with Crippen LogP contribution in [0.25, 0.3) is 0 Å². The van der Waals surface area contributed by atoms with Gasteiger partial charge in [0.25, 0.3) is 0 Å². The summed E-state index contributed by atoms with van der Waals surface area (Å²) in [4.78, 5) is 0. The Bertz CT molecular complexity index is 472. The maximum absolute atomic E-state index is 9.82. The number of rotatable bonds is 7. The molecule has 2 rings (SSSR count). The first-order chi connectivity index (χ1) is 10.7. The van der Waals surface area contributed by atoms with Crippen LogP contribution in [0, 0.1) is 17.2 Å². The van der Waals surface area contributed by atoms with E-state index in [2.05, 4.69) is 44.2 Å². The Morgan fingerprint density at radius 2 is 1.68 bits per heavy atom. The summed E-state index contributed by atoms with van der Waals surface area (Å²) in [7, 11) is 0. The lowest BCUT2D eigenvalue weighted by atomic mass is 9.67. The van der Waals surface area contributed by atoms with Crippen molar-refractivity contribution in [1.29, 1.82) is 5.26 Å². The molecular weight excluding hydrogens is 266 g/mol. The summed E-state index contributed by atoms with van der Waals surface area (Å²) in [6, 6.07) is 11.6. The molecule has 0 heterocycles. The number of hydrogen-bond donors (Lipinski definition) is 0. The van der Waals surface area contributed by atoms with Crippen LogP contribution in [0.15, 0.2) is 24.3 Å². The Morgan fingerprint density at radius 1 is 1.05 bits per heavy atom. The van der Waals surface area contributed by atoms with Gasteiger partial charge >= 0.3 is 0 Å². The summed E-state index contributed by atoms with van der Waals surface area (Å²) >= 11 is 0. The molecule has 0 bridgehead atoms. The zero-order valence-corrected chi connectivity index (χ0v) is 14.4. The molecule has 0 radical (unpaired) electrons. The first-order valence-electron chi connectivity index (χ1n) is 9.24. The minimum Gasteiger partial charge on any atom is -0.197 e. The van der Waals surface area contributed by atoms with Crippen molar-refractivity contribution < 1.29 is 0 Å². The minimum absolute atomic E-state index is 0.216. The predicted octanol–water partition coefficient (Wildman–Crippen LogP) is 6.17. The van der Waals surface area contributed by atoms with E-state index in [0.717, 1.165) is 25.2 Å². The molecule has 1 saturated carbocycles. The molecule has 1 nitrogen and oxygen atoms in total. The smallest absolute Gasteiger partial charge is 0.0822 e. The van der Waals surface area contributed by atoms with E-state index in [1.54, 1.807) is 0 Å². The van der Waals surface area contributed by atoms with Gasteiger partial charge in [0, 0.05) is 0 Å². The first-order valence-corrected chi connectivity index (χ1v) is 9.24. The molecule has 1 fully saturated rings. The Balaban J connectivity index is 2.01. The van der Waals surface area contributed by atoms with Gasteiger partial charge in [0.05, 0.1) is 11.5 Å². The molecule has 0 unspecified atom stereocenters. The van der Waals surface area contributed by atoms with Crippen molar-refractivity contribution in [2.24, 2.45) is 5.92 Å². The van der Waals surface area contributed by atoms with E-state index < -0.39 is 0 Å². The number of benzene rings is 1. The lowest BCUT2D eigenvalue weighted by Gasteiger charge is -2.35. The van der Waals surface area contributed by atoms with Crippen LogP contribution in [0.4, 0.5) is 0 Å². The minimum atomic E-state index is -0.216. The summed E-state index contributed by atoms with van der Waals surface area (Å²) in [6.07, 6.45) is 12.2. The fourth-order valence-electron chi connectivity index (χ4n) is 3.79. The lowest BCUT2D eigenvalue weighted by molar-refractivity contribution is 0.262. The SMILES string of the molecule is CCCCc1ccc(C2(C#N)CCC(CCCC)CC2)cc1. The number of nitrogens with zero attached hydrogens (tertiary/aromatic N) is 1. The Morgan fingerprint density at radius 3 is 2.23 bits per heavy atom. The molecule has 1 aromatic rings. The van der Waals surface area contributed by atoms with Gasteiger partial charge in [-0.25, -0.2) is 0 Å². The van der Waals surface area contributed by atoms with Crippen molar-refractivity contribution in [3.8, 4) is 6.07 Å². The fourth-order valence-corrected chi connectivity index (χ4v) is 3.79. The molecule has 22 heavy (non-hydrogen) atoms. The Hall–Kier alpha value is -1.29. The van der Waals surface area contributed by atoms with Crippen molar-refractivity contribution in [1.82, 2.24) is 0 Å². The summed E-state index contributed by atoms with van der Waals surface area (Å²) in [5.41, 5.74) is 2.45. The topological polar surface area (TPSA) is 23.8 Å². The van der Waals surface area contributed by atoms with Crippen LogP contribution in [0.2, 0.25) is 0 Å². The first kappa shape index (κ1) is 17.1. The van der Waals surface area contributed by atoms with Gasteiger partial charge in [-0.2, -0.15) is 5.26 Å². The summed E-state index contributed by atoms with van der Waals surface area (Å²) in [6.45, 7) is 4.50. The second kappa shape index (κ2) is 8.37. The molecule has 1 heteroatoms. The molecule has 0 amide bonds. The van der Waals surface area contributed by atoms with Gasteiger partial charge in [0.15, 0.2) is 0 Å². The molecule has 0 aliphatic heterocycles. The van der Waals surface area contributed by atoms with Crippen LogP contribution < -0.4 is 0 Å². The van der Waals surface area contributed by atoms with Gasteiger partial charge in [0.2, 0.25) is 0 Å². The van der Waals surface area contributed by atoms with Gasteiger partial charge in [-0.05, 0) is 55.6 Å². The van der Waals surface area contributed by atoms with E-state index in [9.17, 15) is 5.26 Å². The third-order valence-corrected chi connectivity index (χ3v) is 5.46. The van der Waals surface area contributed by atoms with E-state index in [-0.39, 0.29) is 5.41 Å². The average Bonchev–Trinajstić information content (AvgIpc) is 2.59. The number of hydrogen-bond acceptors (Lipinski definition) is 1. The van der Waals surface area contributed by atoms with E-state index >= 15 is 0 Å². The third kappa shape index (κ3) is 4.13. The third-order valence-electron chi connectivity index (χ3n) is 5.46. The van der Waals surface area contributed by atoms with Crippen molar-refractivity contribution in [2.75, 3.05) is 0 Å². The molecule has 0 spiro atoms. The molecule has 120 valence electrons. The zero-order chi connectivity index (χ0) is 15.8. The van der Waals surface area contributed by atoms with Crippen LogP contribution in [0.5, 0.6) is 0 Å². The van der Waals surface area contributed by atoms with E-state index in [1.807, 2.05) is 0 Å². The molecule has 1 aliphatic rings. The van der Waals surface area contributed by atoms with Crippen molar-refractivity contribution >= 4 is 0 Å². The van der Waals surface area contributed by atoms with Gasteiger partial charge in [-0.15, -0.1) is 0 Å². The number of nitriles is 1. The molecule has 0 N–H and O–H groups in total. The maximum atomic E-state index is 9.82. The van der Waals surface area contributed by atoms with Crippen molar-refractivity contribution in [3.63, 3.8) is 0 Å². The number of aryl methyl sites for hydroxylation is 1. The number of unbranched alkanes of at least 4 members (excludes halogenated alkanes) is 2. The highest BCUT2D eigenvalue weighted by atomic mass is 14.4. The predicted molar refractivity (Wildman–Crippen MR) is 93.8 cm³/mol. The van der Waals surface area contributed by atoms with Gasteiger partial charge in [0.1, 0.15) is 0 Å². The van der Waals surface area contributed by atoms with Gasteiger partial charge in [-0.3, -0.25) is 0 Å². The maximum Gasteiger partial charge on any atom is 0.0822 e. The van der Waals surface area contributed by atoms with E-state index in [0.29, 0.717) is 0 Å². The fraction of sp³-hybridized carbons (Fsp3) is 0.667. The van der Waals surface area contributed by atoms with E-state index in [1.165, 1.54) is 56.1 Å². The van der Waals surface area contributed by atoms with Gasteiger partial charge in [-0.1, -0.05) is 63.8 Å². The normalized spacial score (nSPS) is 24.9. The van der Waals surface area contributed by atoms with Crippen LogP contribution in [-0.4, -0.2) is 0 Å².